The highest BCUT2D eigenvalue weighted by atomic mass is 16.5. The lowest BCUT2D eigenvalue weighted by atomic mass is 9.45. The van der Waals surface area contributed by atoms with Gasteiger partial charge in [-0.2, -0.15) is 0 Å². The normalized spacial score (nSPS) is 32.5. The summed E-state index contributed by atoms with van der Waals surface area (Å²) >= 11 is 0. The highest BCUT2D eigenvalue weighted by Gasteiger charge is 2.68. The van der Waals surface area contributed by atoms with Crippen molar-refractivity contribution < 1.29 is 30.0 Å². The van der Waals surface area contributed by atoms with Crippen LogP contribution in [0.25, 0.3) is 0 Å². The predicted molar refractivity (Wildman–Crippen MR) is 185 cm³/mol. The van der Waals surface area contributed by atoms with Crippen LogP contribution >= 0.6 is 0 Å². The van der Waals surface area contributed by atoms with Crippen molar-refractivity contribution in [1.29, 1.82) is 0 Å². The molecule has 7 unspecified atom stereocenters. The van der Waals surface area contributed by atoms with Crippen molar-refractivity contribution in [2.75, 3.05) is 53.1 Å². The minimum absolute atomic E-state index is 0.0199. The molecule has 3 aliphatic carbocycles. The Bertz CT molecular complexity index is 1170. The topological polar surface area (TPSA) is 131 Å². The first-order chi connectivity index (χ1) is 22.1. The predicted octanol–water partition coefficient (Wildman–Crippen LogP) is 4.19. The summed E-state index contributed by atoms with van der Waals surface area (Å²) in [6, 6.07) is 0. The maximum atomic E-state index is 12.7. The Labute approximate surface area is 277 Å². The minimum atomic E-state index is -1.19. The Morgan fingerprint density at radius 1 is 1.22 bits per heavy atom. The molecular weight excluding hydrogens is 580 g/mol. The second-order valence-electron chi connectivity index (χ2n) is 13.5. The molecule has 46 heavy (non-hydrogen) atoms. The number of hydrogen-bond acceptors (Lipinski definition) is 8. The van der Waals surface area contributed by atoms with Gasteiger partial charge < -0.3 is 35.8 Å². The lowest BCUT2D eigenvalue weighted by molar-refractivity contribution is -0.194. The Hall–Kier alpha value is -2.17. The number of hydrogen-bond donors (Lipinski definition) is 6. The number of aliphatic hydroxyl groups is 4. The van der Waals surface area contributed by atoms with Gasteiger partial charge in [0.1, 0.15) is 6.29 Å². The number of ether oxygens (including phenoxy) is 1. The first kappa shape index (κ1) is 38.3. The minimum Gasteiger partial charge on any atom is -0.396 e. The van der Waals surface area contributed by atoms with Crippen LogP contribution in [0.4, 0.5) is 0 Å². The third-order valence-corrected chi connectivity index (χ3v) is 10.6. The van der Waals surface area contributed by atoms with E-state index in [0.29, 0.717) is 44.2 Å². The van der Waals surface area contributed by atoms with Gasteiger partial charge in [0.15, 0.2) is 0 Å². The lowest BCUT2D eigenvalue weighted by Gasteiger charge is -2.61. The van der Waals surface area contributed by atoms with Crippen molar-refractivity contribution in [3.63, 3.8) is 0 Å². The van der Waals surface area contributed by atoms with Gasteiger partial charge in [-0.15, -0.1) is 0 Å². The van der Waals surface area contributed by atoms with Gasteiger partial charge >= 0.3 is 0 Å². The molecule has 0 amide bonds. The number of carbonyl (C=O) groups excluding carboxylic acids is 1. The number of aliphatic hydroxyl groups excluding tert-OH is 3. The van der Waals surface area contributed by atoms with Gasteiger partial charge in [0.25, 0.3) is 0 Å². The number of likely N-dealkylation sites (N-methyl/N-ethyl adjacent to an activating group) is 1. The van der Waals surface area contributed by atoms with Crippen molar-refractivity contribution in [2.45, 2.75) is 77.4 Å². The highest BCUT2D eigenvalue weighted by Crippen LogP contribution is 2.67. The molecule has 0 aromatic carbocycles. The molecule has 0 aromatic rings. The molecule has 0 saturated heterocycles. The van der Waals surface area contributed by atoms with Crippen LogP contribution in [0.3, 0.4) is 0 Å². The Kier molecular flexibility index (Phi) is 15.3. The van der Waals surface area contributed by atoms with Crippen molar-refractivity contribution in [2.24, 2.45) is 29.1 Å². The number of carbonyl (C=O) groups is 1. The molecule has 6 N–H and O–H groups in total. The molecule has 258 valence electrons. The monoisotopic (exact) mass is 640 g/mol. The van der Waals surface area contributed by atoms with Gasteiger partial charge in [0.2, 0.25) is 0 Å². The lowest BCUT2D eigenvalue weighted by Crippen LogP contribution is -2.65. The van der Waals surface area contributed by atoms with Gasteiger partial charge in [0.05, 0.1) is 31.5 Å². The molecule has 2 fully saturated rings. The zero-order valence-electron chi connectivity index (χ0n) is 28.6. The largest absolute Gasteiger partial charge is 0.396 e. The molecular formula is C38H60N2O6. The van der Waals surface area contributed by atoms with Gasteiger partial charge in [-0.3, -0.25) is 4.79 Å². The molecule has 1 spiro atoms. The van der Waals surface area contributed by atoms with E-state index >= 15 is 0 Å². The number of aldehydes is 1. The van der Waals surface area contributed by atoms with E-state index in [4.69, 9.17) is 4.74 Å². The fourth-order valence-corrected chi connectivity index (χ4v) is 8.44. The third-order valence-electron chi connectivity index (χ3n) is 10.6. The molecule has 8 heteroatoms. The van der Waals surface area contributed by atoms with Crippen LogP contribution in [0.2, 0.25) is 0 Å². The summed E-state index contributed by atoms with van der Waals surface area (Å²) in [5.41, 5.74) is 2.76. The zero-order valence-corrected chi connectivity index (χ0v) is 28.6. The van der Waals surface area contributed by atoms with E-state index in [0.717, 1.165) is 48.9 Å². The van der Waals surface area contributed by atoms with Crippen molar-refractivity contribution in [3.8, 4) is 0 Å². The molecule has 2 saturated carbocycles. The number of nitrogens with one attached hydrogen (secondary N) is 2. The molecule has 8 nitrogen and oxygen atoms in total. The second kappa shape index (κ2) is 18.4. The summed E-state index contributed by atoms with van der Waals surface area (Å²) in [7, 11) is 1.87. The molecule has 7 atom stereocenters. The second-order valence-corrected chi connectivity index (χ2v) is 13.5. The van der Waals surface area contributed by atoms with Crippen LogP contribution in [0.1, 0.15) is 65.7 Å². The van der Waals surface area contributed by atoms with Crippen molar-refractivity contribution >= 4 is 6.29 Å². The Morgan fingerprint density at radius 3 is 2.67 bits per heavy atom. The first-order valence-electron chi connectivity index (χ1n) is 17.2. The van der Waals surface area contributed by atoms with Crippen molar-refractivity contribution in [3.05, 3.63) is 70.9 Å². The van der Waals surface area contributed by atoms with Gasteiger partial charge in [-0.25, -0.2) is 0 Å². The van der Waals surface area contributed by atoms with E-state index < -0.39 is 17.1 Å². The van der Waals surface area contributed by atoms with E-state index in [-0.39, 0.29) is 50.1 Å². The quantitative estimate of drug-likeness (QED) is 0.0408. The Balaban J connectivity index is 1.98. The van der Waals surface area contributed by atoms with Crippen LogP contribution in [0.15, 0.2) is 70.9 Å². The van der Waals surface area contributed by atoms with Crippen LogP contribution in [0, 0.1) is 29.1 Å². The van der Waals surface area contributed by atoms with Crippen LogP contribution < -0.4 is 10.6 Å². The van der Waals surface area contributed by atoms with E-state index in [9.17, 15) is 25.2 Å². The number of allylic oxidation sites excluding steroid dienone is 9. The fraction of sp³-hybridized carbons (Fsp3) is 0.658. The summed E-state index contributed by atoms with van der Waals surface area (Å²) < 4.78 is 5.83. The van der Waals surface area contributed by atoms with Gasteiger partial charge in [0, 0.05) is 30.4 Å². The van der Waals surface area contributed by atoms with Gasteiger partial charge in [-0.05, 0) is 102 Å². The van der Waals surface area contributed by atoms with Crippen molar-refractivity contribution in [1.82, 2.24) is 10.6 Å². The molecule has 0 aromatic heterocycles. The SMILES string of the molecule is C=C(C=CC=C(COCCO)C1CCC2(C1O)C1C(=C(C)C=O)C(C=CC1CCO)CC2(O)CCNC)CCC=C(C)CNCC. The number of fused-ring (bicyclic) bond motifs is 3. The summed E-state index contributed by atoms with van der Waals surface area (Å²) in [6.07, 6.45) is 16.8. The summed E-state index contributed by atoms with van der Waals surface area (Å²) in [5, 5.41) is 51.3. The zero-order chi connectivity index (χ0) is 33.7. The van der Waals surface area contributed by atoms with E-state index in [2.05, 4.69) is 49.3 Å². The molecule has 0 heterocycles. The van der Waals surface area contributed by atoms with E-state index in [1.807, 2.05) is 32.2 Å². The molecule has 2 bridgehead atoms. The molecule has 0 radical (unpaired) electrons. The maximum Gasteiger partial charge on any atom is 0.145 e. The number of rotatable bonds is 19. The molecule has 3 rings (SSSR count). The average Bonchev–Trinajstić information content (AvgIpc) is 3.39. The van der Waals surface area contributed by atoms with E-state index in [1.165, 1.54) is 5.57 Å². The van der Waals surface area contributed by atoms with Crippen LogP contribution in [-0.2, 0) is 9.53 Å². The van der Waals surface area contributed by atoms with E-state index in [1.54, 1.807) is 0 Å². The summed E-state index contributed by atoms with van der Waals surface area (Å²) in [4.78, 5) is 12.2. The average molecular weight is 641 g/mol. The third kappa shape index (κ3) is 8.64. The van der Waals surface area contributed by atoms with Crippen LogP contribution in [0.5, 0.6) is 0 Å². The maximum absolute atomic E-state index is 12.7. The molecule has 0 aliphatic heterocycles. The first-order valence-corrected chi connectivity index (χ1v) is 17.2. The smallest absolute Gasteiger partial charge is 0.145 e. The highest BCUT2D eigenvalue weighted by molar-refractivity contribution is 5.74. The summed E-state index contributed by atoms with van der Waals surface area (Å²) in [5.74, 6) is -0.779. The Morgan fingerprint density at radius 2 is 2.00 bits per heavy atom. The van der Waals surface area contributed by atoms with Crippen LogP contribution in [-0.4, -0.2) is 91.5 Å². The summed E-state index contributed by atoms with van der Waals surface area (Å²) in [6.45, 7) is 13.0. The molecule has 3 aliphatic rings. The van der Waals surface area contributed by atoms with Gasteiger partial charge in [-0.1, -0.05) is 66.7 Å². The standard InChI is InChI=1S/C38H60N2O6/c1-6-40-24-28(3)11-7-9-27(2)10-8-12-32(26-46-22-21-42)33-15-17-38(36(33)44)35-30(16-20-41)13-14-31(34(35)29(4)25-43)23-37(38,45)18-19-39-5/h8,10-14,25,30-31,33,35-36,39-42,44-45H,2,6-7,9,15-24,26H2,1,3-5H3. The fourth-order valence-electron chi connectivity index (χ4n) is 8.44.